The van der Waals surface area contributed by atoms with Crippen molar-refractivity contribution in [2.24, 2.45) is 0 Å². The Labute approximate surface area is 118 Å². The van der Waals surface area contributed by atoms with Crippen molar-refractivity contribution < 1.29 is 9.53 Å². The van der Waals surface area contributed by atoms with Crippen LogP contribution in [0.25, 0.3) is 0 Å². The van der Waals surface area contributed by atoms with Crippen LogP contribution >= 0.6 is 0 Å². The predicted molar refractivity (Wildman–Crippen MR) is 80.6 cm³/mol. The third-order valence-corrected chi connectivity index (χ3v) is 2.93. The molecule has 0 saturated heterocycles. The van der Waals surface area contributed by atoms with Crippen LogP contribution in [0.15, 0.2) is 48.5 Å². The molecule has 0 fully saturated rings. The molecular weight excluding hydrogens is 252 g/mol. The molecular formula is C16H18N2O2. The van der Waals surface area contributed by atoms with Gasteiger partial charge in [0.2, 0.25) is 0 Å². The minimum atomic E-state index is -0.216. The van der Waals surface area contributed by atoms with E-state index in [4.69, 9.17) is 10.5 Å². The molecule has 0 aromatic heterocycles. The van der Waals surface area contributed by atoms with Gasteiger partial charge in [0.15, 0.2) is 0 Å². The van der Waals surface area contributed by atoms with Gasteiger partial charge in [-0.3, -0.25) is 4.79 Å². The van der Waals surface area contributed by atoms with E-state index < -0.39 is 0 Å². The van der Waals surface area contributed by atoms with Crippen molar-refractivity contribution in [2.75, 3.05) is 17.7 Å². The standard InChI is InChI=1S/C16H18N2O2/c1-2-20-11-12-7-3-6-10-15(12)18-16(19)13-8-4-5-9-14(13)17/h3-10H,2,11,17H2,1H3,(H,18,19). The van der Waals surface area contributed by atoms with Crippen LogP contribution in [0.3, 0.4) is 0 Å². The molecule has 1 amide bonds. The molecule has 0 heterocycles. The molecule has 0 radical (unpaired) electrons. The molecule has 3 N–H and O–H groups in total. The molecule has 2 aromatic carbocycles. The van der Waals surface area contributed by atoms with Gasteiger partial charge in [0.1, 0.15) is 0 Å². The topological polar surface area (TPSA) is 64.3 Å². The van der Waals surface area contributed by atoms with Gasteiger partial charge in [0.05, 0.1) is 12.2 Å². The molecule has 104 valence electrons. The molecule has 0 spiro atoms. The Bertz CT molecular complexity index is 597. The van der Waals surface area contributed by atoms with Crippen LogP contribution in [0, 0.1) is 0 Å². The summed E-state index contributed by atoms with van der Waals surface area (Å²) in [5.74, 6) is -0.216. The van der Waals surface area contributed by atoms with Gasteiger partial charge in [0, 0.05) is 23.5 Å². The van der Waals surface area contributed by atoms with Gasteiger partial charge in [-0.15, -0.1) is 0 Å². The number of anilines is 2. The maximum absolute atomic E-state index is 12.2. The Balaban J connectivity index is 2.18. The van der Waals surface area contributed by atoms with Crippen LogP contribution in [-0.2, 0) is 11.3 Å². The first kappa shape index (κ1) is 14.1. The lowest BCUT2D eigenvalue weighted by Crippen LogP contribution is -2.15. The summed E-state index contributed by atoms with van der Waals surface area (Å²) in [5, 5.41) is 2.88. The summed E-state index contributed by atoms with van der Waals surface area (Å²) in [5.41, 5.74) is 8.43. The Kier molecular flexibility index (Phi) is 4.74. The first-order valence-electron chi connectivity index (χ1n) is 6.54. The first-order chi connectivity index (χ1) is 9.72. The summed E-state index contributed by atoms with van der Waals surface area (Å²) in [6.45, 7) is 3.04. The van der Waals surface area contributed by atoms with E-state index in [9.17, 15) is 4.79 Å². The SMILES string of the molecule is CCOCc1ccccc1NC(=O)c1ccccc1N. The van der Waals surface area contributed by atoms with E-state index in [2.05, 4.69) is 5.32 Å². The lowest BCUT2D eigenvalue weighted by molar-refractivity contribution is 0.102. The molecule has 0 aliphatic heterocycles. The van der Waals surface area contributed by atoms with Gasteiger partial charge in [-0.1, -0.05) is 30.3 Å². The Morgan fingerprint density at radius 1 is 1.15 bits per heavy atom. The van der Waals surface area contributed by atoms with Gasteiger partial charge < -0.3 is 15.8 Å². The molecule has 0 bridgehead atoms. The zero-order chi connectivity index (χ0) is 14.4. The number of benzene rings is 2. The van der Waals surface area contributed by atoms with Crippen LogP contribution in [0.4, 0.5) is 11.4 Å². The van der Waals surface area contributed by atoms with Gasteiger partial charge in [-0.25, -0.2) is 0 Å². The molecule has 4 nitrogen and oxygen atoms in total. The molecule has 2 aromatic rings. The van der Waals surface area contributed by atoms with E-state index in [1.165, 1.54) is 0 Å². The molecule has 0 aliphatic carbocycles. The molecule has 4 heteroatoms. The van der Waals surface area contributed by atoms with Crippen molar-refractivity contribution in [1.29, 1.82) is 0 Å². The number of rotatable bonds is 5. The average molecular weight is 270 g/mol. The predicted octanol–water partition coefficient (Wildman–Crippen LogP) is 3.06. The number of ether oxygens (including phenoxy) is 1. The number of nitrogens with one attached hydrogen (secondary N) is 1. The smallest absolute Gasteiger partial charge is 0.257 e. The Morgan fingerprint density at radius 3 is 2.60 bits per heavy atom. The summed E-state index contributed by atoms with van der Waals surface area (Å²) in [6.07, 6.45) is 0. The van der Waals surface area contributed by atoms with Crippen LogP contribution in [-0.4, -0.2) is 12.5 Å². The second-order valence-corrected chi connectivity index (χ2v) is 4.34. The zero-order valence-electron chi connectivity index (χ0n) is 11.4. The van der Waals surface area contributed by atoms with Crippen LogP contribution in [0.1, 0.15) is 22.8 Å². The molecule has 0 saturated carbocycles. The highest BCUT2D eigenvalue weighted by Gasteiger charge is 2.11. The molecule has 0 atom stereocenters. The van der Waals surface area contributed by atoms with E-state index in [1.54, 1.807) is 24.3 Å². The summed E-state index contributed by atoms with van der Waals surface area (Å²) >= 11 is 0. The first-order valence-corrected chi connectivity index (χ1v) is 6.54. The van der Waals surface area contributed by atoms with Crippen LogP contribution in [0.2, 0.25) is 0 Å². The normalized spacial score (nSPS) is 10.2. The fourth-order valence-corrected chi connectivity index (χ4v) is 1.87. The van der Waals surface area contributed by atoms with E-state index in [-0.39, 0.29) is 5.91 Å². The fraction of sp³-hybridized carbons (Fsp3) is 0.188. The summed E-state index contributed by atoms with van der Waals surface area (Å²) in [4.78, 5) is 12.2. The van der Waals surface area contributed by atoms with Crippen LogP contribution < -0.4 is 11.1 Å². The summed E-state index contributed by atoms with van der Waals surface area (Å²) in [7, 11) is 0. The maximum atomic E-state index is 12.2. The van der Waals surface area contributed by atoms with E-state index in [1.807, 2.05) is 31.2 Å². The molecule has 0 unspecified atom stereocenters. The lowest BCUT2D eigenvalue weighted by atomic mass is 10.1. The van der Waals surface area contributed by atoms with Crippen molar-refractivity contribution >= 4 is 17.3 Å². The number of carbonyl (C=O) groups excluding carboxylic acids is 1. The van der Waals surface area contributed by atoms with Crippen molar-refractivity contribution in [3.05, 3.63) is 59.7 Å². The number of hydrogen-bond donors (Lipinski definition) is 2. The third-order valence-electron chi connectivity index (χ3n) is 2.93. The number of amides is 1. The highest BCUT2D eigenvalue weighted by Crippen LogP contribution is 2.19. The van der Waals surface area contributed by atoms with Gasteiger partial charge in [0.25, 0.3) is 5.91 Å². The van der Waals surface area contributed by atoms with Gasteiger partial charge in [-0.05, 0) is 25.1 Å². The highest BCUT2D eigenvalue weighted by molar-refractivity contribution is 6.07. The number of para-hydroxylation sites is 2. The number of carbonyl (C=O) groups is 1. The number of nitrogens with two attached hydrogens (primary N) is 1. The number of hydrogen-bond acceptors (Lipinski definition) is 3. The monoisotopic (exact) mass is 270 g/mol. The Hall–Kier alpha value is -2.33. The summed E-state index contributed by atoms with van der Waals surface area (Å²) < 4.78 is 5.40. The minimum absolute atomic E-state index is 0.216. The second-order valence-electron chi connectivity index (χ2n) is 4.34. The average Bonchev–Trinajstić information content (AvgIpc) is 2.46. The Morgan fingerprint density at radius 2 is 1.85 bits per heavy atom. The largest absolute Gasteiger partial charge is 0.398 e. The zero-order valence-corrected chi connectivity index (χ0v) is 11.4. The highest BCUT2D eigenvalue weighted by atomic mass is 16.5. The van der Waals surface area contributed by atoms with E-state index >= 15 is 0 Å². The van der Waals surface area contributed by atoms with E-state index in [0.717, 1.165) is 11.3 Å². The second kappa shape index (κ2) is 6.73. The van der Waals surface area contributed by atoms with Crippen molar-refractivity contribution in [3.63, 3.8) is 0 Å². The number of nitrogen functional groups attached to an aromatic ring is 1. The van der Waals surface area contributed by atoms with Crippen molar-refractivity contribution in [2.45, 2.75) is 13.5 Å². The third kappa shape index (κ3) is 3.36. The molecule has 0 aliphatic rings. The van der Waals surface area contributed by atoms with Gasteiger partial charge >= 0.3 is 0 Å². The van der Waals surface area contributed by atoms with Crippen molar-refractivity contribution in [3.8, 4) is 0 Å². The molecule has 2 rings (SSSR count). The van der Waals surface area contributed by atoms with Gasteiger partial charge in [-0.2, -0.15) is 0 Å². The lowest BCUT2D eigenvalue weighted by Gasteiger charge is -2.12. The maximum Gasteiger partial charge on any atom is 0.257 e. The quantitative estimate of drug-likeness (QED) is 0.821. The summed E-state index contributed by atoms with van der Waals surface area (Å²) in [6, 6.07) is 14.6. The fourth-order valence-electron chi connectivity index (χ4n) is 1.87. The molecule has 20 heavy (non-hydrogen) atoms. The van der Waals surface area contributed by atoms with Crippen molar-refractivity contribution in [1.82, 2.24) is 0 Å². The van der Waals surface area contributed by atoms with Crippen LogP contribution in [0.5, 0.6) is 0 Å². The van der Waals surface area contributed by atoms with E-state index in [0.29, 0.717) is 24.5 Å². The minimum Gasteiger partial charge on any atom is -0.398 e.